The van der Waals surface area contributed by atoms with Crippen molar-refractivity contribution >= 4 is 17.9 Å². The zero-order valence-electron chi connectivity index (χ0n) is 20.1. The zero-order valence-corrected chi connectivity index (χ0v) is 20.1. The van der Waals surface area contributed by atoms with E-state index in [0.29, 0.717) is 12.8 Å². The summed E-state index contributed by atoms with van der Waals surface area (Å²) in [5.41, 5.74) is -0.0201. The number of esters is 3. The van der Waals surface area contributed by atoms with Gasteiger partial charge in [-0.3, -0.25) is 0 Å². The fourth-order valence-corrected chi connectivity index (χ4v) is 3.22. The van der Waals surface area contributed by atoms with Gasteiger partial charge in [0.25, 0.3) is 0 Å². The largest absolute Gasteiger partial charge is 0.458 e. The second-order valence-corrected chi connectivity index (χ2v) is 8.04. The molecular formula is C23H36F4O6. The molecule has 0 N–H and O–H groups in total. The number of carbonyl (C=O) groups excluding carboxylic acids is 3. The van der Waals surface area contributed by atoms with E-state index in [1.54, 1.807) is 13.8 Å². The summed E-state index contributed by atoms with van der Waals surface area (Å²) in [5, 5.41) is 0. The predicted molar refractivity (Wildman–Crippen MR) is 114 cm³/mol. The van der Waals surface area contributed by atoms with Crippen LogP contribution in [0.2, 0.25) is 0 Å². The maximum Gasteiger partial charge on any atom is 0.377 e. The van der Waals surface area contributed by atoms with Crippen molar-refractivity contribution in [1.82, 2.24) is 0 Å². The minimum Gasteiger partial charge on any atom is -0.458 e. The van der Waals surface area contributed by atoms with Crippen LogP contribution >= 0.6 is 0 Å². The van der Waals surface area contributed by atoms with Gasteiger partial charge in [-0.1, -0.05) is 47.1 Å². The second kappa shape index (κ2) is 14.2. The summed E-state index contributed by atoms with van der Waals surface area (Å²) in [5.74, 6) is -14.9. The van der Waals surface area contributed by atoms with Crippen LogP contribution in [0, 0.1) is 11.8 Å². The fourth-order valence-electron chi connectivity index (χ4n) is 3.22. The molecule has 0 rings (SSSR count). The Bertz CT molecular complexity index is 665. The molecule has 0 radical (unpaired) electrons. The van der Waals surface area contributed by atoms with Crippen molar-refractivity contribution in [2.75, 3.05) is 13.2 Å². The van der Waals surface area contributed by atoms with Crippen LogP contribution in [-0.4, -0.2) is 49.1 Å². The maximum absolute atomic E-state index is 14.6. The Labute approximate surface area is 193 Å². The molecule has 0 aliphatic carbocycles. The molecule has 0 saturated carbocycles. The summed E-state index contributed by atoms with van der Waals surface area (Å²) in [6.07, 6.45) is -0.708. The number of halogens is 4. The van der Waals surface area contributed by atoms with Gasteiger partial charge in [-0.15, -0.1) is 0 Å². The van der Waals surface area contributed by atoms with Gasteiger partial charge in [0.05, 0.1) is 0 Å². The van der Waals surface area contributed by atoms with Crippen LogP contribution in [0.15, 0.2) is 12.2 Å². The molecule has 3 unspecified atom stereocenters. The van der Waals surface area contributed by atoms with Crippen LogP contribution in [0.25, 0.3) is 0 Å². The third-order valence-electron chi connectivity index (χ3n) is 5.25. The normalized spacial score (nSPS) is 14.7. The number of ether oxygens (including phenoxy) is 3. The molecule has 0 aliphatic heterocycles. The Balaban J connectivity index is 5.46. The van der Waals surface area contributed by atoms with Crippen molar-refractivity contribution in [1.29, 1.82) is 0 Å². The number of hydrogen-bond acceptors (Lipinski definition) is 6. The van der Waals surface area contributed by atoms with Gasteiger partial charge in [-0.05, 0) is 32.6 Å². The molecule has 192 valence electrons. The monoisotopic (exact) mass is 484 g/mol. The Morgan fingerprint density at radius 1 is 0.788 bits per heavy atom. The van der Waals surface area contributed by atoms with Crippen LogP contribution < -0.4 is 0 Å². The third kappa shape index (κ3) is 9.33. The zero-order chi connectivity index (χ0) is 25.8. The molecule has 33 heavy (non-hydrogen) atoms. The van der Waals surface area contributed by atoms with Crippen LogP contribution in [-0.2, 0) is 28.6 Å². The topological polar surface area (TPSA) is 78.9 Å². The Morgan fingerprint density at radius 2 is 1.21 bits per heavy atom. The summed E-state index contributed by atoms with van der Waals surface area (Å²) >= 11 is 0. The highest BCUT2D eigenvalue weighted by Crippen LogP contribution is 2.34. The summed E-state index contributed by atoms with van der Waals surface area (Å²) in [7, 11) is 0. The highest BCUT2D eigenvalue weighted by atomic mass is 19.3. The van der Waals surface area contributed by atoms with E-state index in [9.17, 15) is 31.9 Å². The summed E-state index contributed by atoms with van der Waals surface area (Å²) < 4.78 is 72.1. The smallest absolute Gasteiger partial charge is 0.377 e. The molecule has 10 heteroatoms. The van der Waals surface area contributed by atoms with Gasteiger partial charge < -0.3 is 14.2 Å². The van der Waals surface area contributed by atoms with Gasteiger partial charge >= 0.3 is 29.8 Å². The average molecular weight is 485 g/mol. The van der Waals surface area contributed by atoms with Gasteiger partial charge in [-0.25, -0.2) is 14.4 Å². The molecule has 0 heterocycles. The highest BCUT2D eigenvalue weighted by molar-refractivity contribution is 5.87. The minimum atomic E-state index is -3.86. The lowest BCUT2D eigenvalue weighted by Crippen LogP contribution is -2.44. The lowest BCUT2D eigenvalue weighted by atomic mass is 9.93. The Kier molecular flexibility index (Phi) is 13.3. The summed E-state index contributed by atoms with van der Waals surface area (Å²) in [6, 6.07) is 0. The van der Waals surface area contributed by atoms with E-state index in [0.717, 1.165) is 0 Å². The lowest BCUT2D eigenvalue weighted by Gasteiger charge is -2.27. The predicted octanol–water partition coefficient (Wildman–Crippen LogP) is 5.48. The van der Waals surface area contributed by atoms with E-state index >= 15 is 0 Å². The van der Waals surface area contributed by atoms with Crippen molar-refractivity contribution in [3.63, 3.8) is 0 Å². The molecule has 0 fully saturated rings. The Morgan fingerprint density at radius 3 is 1.61 bits per heavy atom. The fraction of sp³-hybridized carbons (Fsp3) is 0.783. The molecule has 0 aromatic carbocycles. The molecule has 0 spiro atoms. The van der Waals surface area contributed by atoms with Crippen molar-refractivity contribution in [3.8, 4) is 0 Å². The molecule has 0 saturated heterocycles. The van der Waals surface area contributed by atoms with Gasteiger partial charge in [0.2, 0.25) is 0 Å². The van der Waals surface area contributed by atoms with Crippen LogP contribution in [0.4, 0.5) is 17.6 Å². The van der Waals surface area contributed by atoms with E-state index in [-0.39, 0.29) is 31.3 Å². The average Bonchev–Trinajstić information content (AvgIpc) is 2.76. The first-order valence-electron chi connectivity index (χ1n) is 11.3. The van der Waals surface area contributed by atoms with Crippen LogP contribution in [0.3, 0.4) is 0 Å². The molecule has 0 aliphatic rings. The molecule has 6 nitrogen and oxygen atoms in total. The first-order chi connectivity index (χ1) is 15.3. The maximum atomic E-state index is 14.6. The highest BCUT2D eigenvalue weighted by Gasteiger charge is 2.49. The van der Waals surface area contributed by atoms with E-state index in [1.807, 2.05) is 0 Å². The first kappa shape index (κ1) is 30.9. The van der Waals surface area contributed by atoms with Gasteiger partial charge in [0.15, 0.2) is 6.10 Å². The lowest BCUT2D eigenvalue weighted by molar-refractivity contribution is -0.199. The van der Waals surface area contributed by atoms with Crippen molar-refractivity contribution in [2.45, 2.75) is 91.1 Å². The third-order valence-corrected chi connectivity index (χ3v) is 5.25. The summed E-state index contributed by atoms with van der Waals surface area (Å²) in [6.45, 7) is 9.31. The van der Waals surface area contributed by atoms with E-state index < -0.39 is 60.9 Å². The van der Waals surface area contributed by atoms with E-state index in [2.05, 4.69) is 11.3 Å². The first-order valence-corrected chi connectivity index (χ1v) is 11.3. The van der Waals surface area contributed by atoms with E-state index in [4.69, 9.17) is 9.47 Å². The number of alkyl halides is 4. The molecule has 0 bridgehead atoms. The van der Waals surface area contributed by atoms with Crippen molar-refractivity contribution in [3.05, 3.63) is 12.2 Å². The van der Waals surface area contributed by atoms with Gasteiger partial charge in [0.1, 0.15) is 13.2 Å². The van der Waals surface area contributed by atoms with Crippen molar-refractivity contribution < 1.29 is 46.2 Å². The van der Waals surface area contributed by atoms with Crippen LogP contribution in [0.1, 0.15) is 73.1 Å². The molecule has 0 amide bonds. The number of carbonyl (C=O) groups is 3. The number of rotatable bonds is 16. The van der Waals surface area contributed by atoms with Gasteiger partial charge in [-0.2, -0.15) is 17.6 Å². The second-order valence-electron chi connectivity index (χ2n) is 8.04. The SMILES string of the molecule is C=C(C)C(=O)OCC(COC(=O)C(F)(F)C(CC)CCC)OC(=O)C(F)(F)C(CC)CCC. The molecular weight excluding hydrogens is 448 g/mol. The van der Waals surface area contributed by atoms with Crippen molar-refractivity contribution in [2.24, 2.45) is 11.8 Å². The Hall–Kier alpha value is -2.13. The standard InChI is InChI=1S/C23H36F4O6/c1-7-11-16(9-3)22(24,25)20(29)32-14-18(13-31-19(28)15(5)6)33-21(30)23(26,27)17(10-4)12-8-2/h16-18H,5,7-14H2,1-4,6H3. The summed E-state index contributed by atoms with van der Waals surface area (Å²) in [4.78, 5) is 35.9. The minimum absolute atomic E-state index is 0.00228. The molecule has 0 aromatic heterocycles. The quantitative estimate of drug-likeness (QED) is 0.125. The molecule has 3 atom stereocenters. The molecule has 0 aromatic rings. The number of hydrogen-bond donors (Lipinski definition) is 0. The van der Waals surface area contributed by atoms with E-state index in [1.165, 1.54) is 20.8 Å². The van der Waals surface area contributed by atoms with Crippen LogP contribution in [0.5, 0.6) is 0 Å². The van der Waals surface area contributed by atoms with Gasteiger partial charge in [0, 0.05) is 17.4 Å².